The third-order valence-corrected chi connectivity index (χ3v) is 5.63. The number of nitrogen functional groups attached to an aromatic ring is 1. The highest BCUT2D eigenvalue weighted by molar-refractivity contribution is 7.90. The van der Waals surface area contributed by atoms with E-state index < -0.39 is 9.84 Å². The lowest BCUT2D eigenvalue weighted by Gasteiger charge is -2.25. The van der Waals surface area contributed by atoms with Crippen molar-refractivity contribution in [1.82, 2.24) is 9.78 Å². The van der Waals surface area contributed by atoms with E-state index in [9.17, 15) is 8.42 Å². The summed E-state index contributed by atoms with van der Waals surface area (Å²) in [6.07, 6.45) is 6.38. The van der Waals surface area contributed by atoms with Crippen LogP contribution in [0.3, 0.4) is 0 Å². The topological polar surface area (TPSA) is 78.0 Å². The summed E-state index contributed by atoms with van der Waals surface area (Å²) in [6, 6.07) is 0.345. The van der Waals surface area contributed by atoms with Gasteiger partial charge in [-0.3, -0.25) is 4.68 Å². The molecule has 18 heavy (non-hydrogen) atoms. The zero-order valence-electron chi connectivity index (χ0n) is 10.4. The quantitative estimate of drug-likeness (QED) is 0.836. The van der Waals surface area contributed by atoms with Gasteiger partial charge in [0.1, 0.15) is 5.82 Å². The third kappa shape index (κ3) is 2.02. The molecule has 100 valence electrons. The maximum Gasteiger partial charge on any atom is 0.156 e. The van der Waals surface area contributed by atoms with E-state index in [2.05, 4.69) is 5.10 Å². The molecule has 0 saturated heterocycles. The fraction of sp³-hybridized carbons (Fsp3) is 0.750. The van der Waals surface area contributed by atoms with Gasteiger partial charge in [-0.15, -0.1) is 0 Å². The Balaban J connectivity index is 2.00. The molecule has 2 N–H and O–H groups in total. The molecule has 3 rings (SSSR count). The van der Waals surface area contributed by atoms with Crippen molar-refractivity contribution in [3.05, 3.63) is 11.3 Å². The maximum absolute atomic E-state index is 11.8. The van der Waals surface area contributed by atoms with Crippen LogP contribution in [0.25, 0.3) is 0 Å². The van der Waals surface area contributed by atoms with Crippen molar-refractivity contribution in [2.45, 2.75) is 50.3 Å². The fourth-order valence-corrected chi connectivity index (χ4v) is 4.50. The lowest BCUT2D eigenvalue weighted by atomic mass is 9.95. The molecule has 6 heteroatoms. The molecule has 5 nitrogen and oxygen atoms in total. The Bertz CT molecular complexity index is 556. The van der Waals surface area contributed by atoms with Gasteiger partial charge in [-0.1, -0.05) is 19.3 Å². The third-order valence-electron chi connectivity index (χ3n) is 4.09. The zero-order valence-corrected chi connectivity index (χ0v) is 11.2. The summed E-state index contributed by atoms with van der Waals surface area (Å²) in [4.78, 5) is 0. The van der Waals surface area contributed by atoms with Crippen molar-refractivity contribution in [1.29, 1.82) is 0 Å². The molecular formula is C12H19N3O2S. The van der Waals surface area contributed by atoms with Crippen LogP contribution in [-0.4, -0.2) is 24.0 Å². The molecule has 1 saturated carbocycles. The van der Waals surface area contributed by atoms with Gasteiger partial charge < -0.3 is 5.73 Å². The molecule has 0 atom stereocenters. The zero-order chi connectivity index (χ0) is 12.8. The van der Waals surface area contributed by atoms with Crippen molar-refractivity contribution >= 4 is 15.7 Å². The Labute approximate surface area is 107 Å². The smallest absolute Gasteiger partial charge is 0.156 e. The Kier molecular flexibility index (Phi) is 2.84. The predicted octanol–water partition coefficient (Wildman–Crippen LogP) is 1.44. The lowest BCUT2D eigenvalue weighted by Crippen LogP contribution is -2.24. The second kappa shape index (κ2) is 4.26. The molecule has 0 aromatic carbocycles. The number of sulfone groups is 1. The Morgan fingerprint density at radius 1 is 1.22 bits per heavy atom. The molecule has 1 aliphatic heterocycles. The minimum absolute atomic E-state index is 0.114. The summed E-state index contributed by atoms with van der Waals surface area (Å²) in [5, 5.41) is 4.41. The van der Waals surface area contributed by atoms with Crippen LogP contribution in [0.2, 0.25) is 0 Å². The van der Waals surface area contributed by atoms with Crippen LogP contribution in [-0.2, 0) is 22.0 Å². The van der Waals surface area contributed by atoms with Crippen LogP contribution in [0.5, 0.6) is 0 Å². The number of hydrogen-bond donors (Lipinski definition) is 1. The number of rotatable bonds is 1. The van der Waals surface area contributed by atoms with E-state index in [0.29, 0.717) is 18.3 Å². The first-order chi connectivity index (χ1) is 8.57. The summed E-state index contributed by atoms with van der Waals surface area (Å²) < 4.78 is 25.5. The van der Waals surface area contributed by atoms with E-state index in [-0.39, 0.29) is 11.5 Å². The highest BCUT2D eigenvalue weighted by Crippen LogP contribution is 2.33. The number of fused-ring (bicyclic) bond motifs is 1. The van der Waals surface area contributed by atoms with Gasteiger partial charge in [0.25, 0.3) is 0 Å². The molecule has 1 aliphatic carbocycles. The SMILES string of the molecule is Nc1nn(C2CCCCC2)c2c1CCS(=O)(=O)C2. The second-order valence-electron chi connectivity index (χ2n) is 5.39. The van der Waals surface area contributed by atoms with E-state index in [1.807, 2.05) is 4.68 Å². The molecule has 0 radical (unpaired) electrons. The number of hydrogen-bond acceptors (Lipinski definition) is 4. The molecule has 0 spiro atoms. The summed E-state index contributed by atoms with van der Waals surface area (Å²) >= 11 is 0. The second-order valence-corrected chi connectivity index (χ2v) is 7.57. The van der Waals surface area contributed by atoms with Crippen molar-refractivity contribution in [3.8, 4) is 0 Å². The van der Waals surface area contributed by atoms with E-state index in [1.54, 1.807) is 0 Å². The van der Waals surface area contributed by atoms with E-state index >= 15 is 0 Å². The Morgan fingerprint density at radius 3 is 2.67 bits per heavy atom. The van der Waals surface area contributed by atoms with Crippen LogP contribution in [0.1, 0.15) is 49.4 Å². The average molecular weight is 269 g/mol. The molecule has 2 aliphatic rings. The monoisotopic (exact) mass is 269 g/mol. The van der Waals surface area contributed by atoms with E-state index in [0.717, 1.165) is 24.1 Å². The van der Waals surface area contributed by atoms with E-state index in [4.69, 9.17) is 5.73 Å². The summed E-state index contributed by atoms with van der Waals surface area (Å²) in [5.41, 5.74) is 7.75. The minimum Gasteiger partial charge on any atom is -0.382 e. The number of nitrogens with two attached hydrogens (primary N) is 1. The van der Waals surface area contributed by atoms with Crippen LogP contribution in [0.15, 0.2) is 0 Å². The summed E-state index contributed by atoms with van der Waals surface area (Å²) in [5.74, 6) is 0.856. The Morgan fingerprint density at radius 2 is 1.94 bits per heavy atom. The number of aromatic nitrogens is 2. The van der Waals surface area contributed by atoms with Crippen LogP contribution in [0, 0.1) is 0 Å². The van der Waals surface area contributed by atoms with Crippen LogP contribution in [0.4, 0.5) is 5.82 Å². The minimum atomic E-state index is -2.96. The van der Waals surface area contributed by atoms with Crippen LogP contribution >= 0.6 is 0 Å². The standard InChI is InChI=1S/C12H19N3O2S/c13-12-10-6-7-18(16,17)8-11(10)15(14-12)9-4-2-1-3-5-9/h9H,1-8H2,(H2,13,14). The first kappa shape index (κ1) is 12.0. The van der Waals surface area contributed by atoms with Crippen LogP contribution < -0.4 is 5.73 Å². The van der Waals surface area contributed by atoms with Gasteiger partial charge in [0, 0.05) is 5.56 Å². The van der Waals surface area contributed by atoms with Gasteiger partial charge in [0.2, 0.25) is 0 Å². The van der Waals surface area contributed by atoms with E-state index in [1.165, 1.54) is 19.3 Å². The number of nitrogens with zero attached hydrogens (tertiary/aromatic N) is 2. The molecular weight excluding hydrogens is 250 g/mol. The van der Waals surface area contributed by atoms with Crippen molar-refractivity contribution < 1.29 is 8.42 Å². The Hall–Kier alpha value is -1.04. The highest BCUT2D eigenvalue weighted by atomic mass is 32.2. The summed E-state index contributed by atoms with van der Waals surface area (Å²) in [6.45, 7) is 0. The predicted molar refractivity (Wildman–Crippen MR) is 70.0 cm³/mol. The van der Waals surface area contributed by atoms with Gasteiger partial charge in [0.05, 0.1) is 23.2 Å². The molecule has 1 aromatic rings. The van der Waals surface area contributed by atoms with Gasteiger partial charge in [0.15, 0.2) is 9.84 Å². The first-order valence-electron chi connectivity index (χ1n) is 6.63. The molecule has 0 bridgehead atoms. The van der Waals surface area contributed by atoms with Gasteiger partial charge >= 0.3 is 0 Å². The van der Waals surface area contributed by atoms with Crippen molar-refractivity contribution in [3.63, 3.8) is 0 Å². The summed E-state index contributed by atoms with van der Waals surface area (Å²) in [7, 11) is -2.96. The average Bonchev–Trinajstić information content (AvgIpc) is 2.66. The largest absolute Gasteiger partial charge is 0.382 e. The molecule has 0 unspecified atom stereocenters. The van der Waals surface area contributed by atoms with Gasteiger partial charge in [-0.25, -0.2) is 8.42 Å². The van der Waals surface area contributed by atoms with Crippen molar-refractivity contribution in [2.24, 2.45) is 0 Å². The molecule has 2 heterocycles. The van der Waals surface area contributed by atoms with Crippen molar-refractivity contribution in [2.75, 3.05) is 11.5 Å². The fourth-order valence-electron chi connectivity index (χ4n) is 3.11. The maximum atomic E-state index is 11.8. The van der Waals surface area contributed by atoms with Gasteiger partial charge in [-0.2, -0.15) is 5.10 Å². The molecule has 1 fully saturated rings. The lowest BCUT2D eigenvalue weighted by molar-refractivity contribution is 0.324. The molecule has 1 aromatic heterocycles. The number of anilines is 1. The highest BCUT2D eigenvalue weighted by Gasteiger charge is 2.30. The first-order valence-corrected chi connectivity index (χ1v) is 8.45. The van der Waals surface area contributed by atoms with Gasteiger partial charge in [-0.05, 0) is 19.3 Å². The normalized spacial score (nSPS) is 23.8. The molecule has 0 amide bonds.